The van der Waals surface area contributed by atoms with Gasteiger partial charge in [-0.25, -0.2) is 8.78 Å². The lowest BCUT2D eigenvalue weighted by Gasteiger charge is -2.34. The number of ether oxygens (including phenoxy) is 1. The first-order valence-corrected chi connectivity index (χ1v) is 8.37. The van der Waals surface area contributed by atoms with E-state index >= 15 is 0 Å². The highest BCUT2D eigenvalue weighted by Gasteiger charge is 2.38. The van der Waals surface area contributed by atoms with Crippen LogP contribution in [0.4, 0.5) is 8.78 Å². The first-order valence-electron chi connectivity index (χ1n) is 6.79. The predicted molar refractivity (Wildman–Crippen MR) is 73.9 cm³/mol. The predicted octanol–water partition coefficient (Wildman–Crippen LogP) is 3.99. The summed E-state index contributed by atoms with van der Waals surface area (Å²) in [5, 5.41) is 0. The fourth-order valence-corrected chi connectivity index (χ4v) is 3.38. The molecule has 0 spiro atoms. The Labute approximate surface area is 120 Å². The minimum atomic E-state index is -1.00. The molecule has 1 aromatic carbocycles. The average Bonchev–Trinajstić information content (AvgIpc) is 2.44. The number of hydrogen-bond donors (Lipinski definition) is 0. The van der Waals surface area contributed by atoms with Crippen molar-refractivity contribution in [3.05, 3.63) is 29.8 Å². The van der Waals surface area contributed by atoms with E-state index in [9.17, 15) is 13.6 Å². The van der Waals surface area contributed by atoms with Gasteiger partial charge >= 0.3 is 5.97 Å². The molecule has 0 heterocycles. The first kappa shape index (κ1) is 15.2. The summed E-state index contributed by atoms with van der Waals surface area (Å²) in [6, 6.07) is 3.16. The molecule has 1 aliphatic rings. The van der Waals surface area contributed by atoms with Crippen LogP contribution < -0.4 is 4.74 Å². The number of rotatable bonds is 3. The van der Waals surface area contributed by atoms with Crippen LogP contribution in [0.2, 0.25) is 12.1 Å². The van der Waals surface area contributed by atoms with Crippen LogP contribution in [-0.4, -0.2) is 15.5 Å². The molecule has 0 aromatic heterocycles. The summed E-state index contributed by atoms with van der Waals surface area (Å²) in [5.41, 5.74) is 0.195. The van der Waals surface area contributed by atoms with Gasteiger partial charge in [0.05, 0.1) is 5.41 Å². The Morgan fingerprint density at radius 1 is 1.30 bits per heavy atom. The van der Waals surface area contributed by atoms with Crippen LogP contribution in [0, 0.1) is 17.0 Å². The molecule has 0 N–H and O–H groups in total. The van der Waals surface area contributed by atoms with Gasteiger partial charge in [-0.1, -0.05) is 19.4 Å². The van der Waals surface area contributed by atoms with Crippen molar-refractivity contribution in [1.82, 2.24) is 0 Å². The lowest BCUT2D eigenvalue weighted by atomic mass is 9.75. The largest absolute Gasteiger partial charge is 0.426 e. The zero-order chi connectivity index (χ0) is 14.8. The lowest BCUT2D eigenvalue weighted by molar-refractivity contribution is -0.146. The van der Waals surface area contributed by atoms with Gasteiger partial charge in [-0.05, 0) is 37.4 Å². The highest BCUT2D eigenvalue weighted by Crippen LogP contribution is 2.41. The summed E-state index contributed by atoms with van der Waals surface area (Å²) in [6.45, 7) is 4.08. The van der Waals surface area contributed by atoms with E-state index in [4.69, 9.17) is 4.74 Å². The number of hydrogen-bond acceptors (Lipinski definition) is 2. The van der Waals surface area contributed by atoms with Crippen LogP contribution in [0.25, 0.3) is 0 Å². The third kappa shape index (κ3) is 3.26. The van der Waals surface area contributed by atoms with Crippen molar-refractivity contribution in [3.63, 3.8) is 0 Å². The summed E-state index contributed by atoms with van der Waals surface area (Å²) in [4.78, 5) is 12.2. The van der Waals surface area contributed by atoms with E-state index in [1.54, 1.807) is 0 Å². The Kier molecular flexibility index (Phi) is 4.58. The number of carbonyl (C=O) groups excluding carboxylic acids is 1. The van der Waals surface area contributed by atoms with Crippen LogP contribution in [0.3, 0.4) is 0 Å². The van der Waals surface area contributed by atoms with Crippen molar-refractivity contribution in [1.29, 1.82) is 0 Å². The van der Waals surface area contributed by atoms with Crippen LogP contribution in [0.15, 0.2) is 18.2 Å². The molecule has 1 fully saturated rings. The Hall–Kier alpha value is -1.23. The van der Waals surface area contributed by atoms with E-state index in [1.807, 2.05) is 6.92 Å². The Morgan fingerprint density at radius 2 is 1.95 bits per heavy atom. The molecule has 2 radical (unpaired) electrons. The second kappa shape index (κ2) is 6.04. The van der Waals surface area contributed by atoms with Gasteiger partial charge in [0.1, 0.15) is 5.75 Å². The molecule has 1 aromatic rings. The third-order valence-corrected chi connectivity index (χ3v) is 5.49. The summed E-state index contributed by atoms with van der Waals surface area (Å²) in [6.07, 6.45) is 3.64. The SMILES string of the molecule is C[Si]C1CCC(C)(C(=O)Oc2ccc(F)c(F)c2)CC1. The molecule has 2 rings (SSSR count). The highest BCUT2D eigenvalue weighted by molar-refractivity contribution is 6.35. The van der Waals surface area contributed by atoms with Crippen molar-refractivity contribution >= 4 is 15.5 Å². The Balaban J connectivity index is 2.02. The molecule has 0 aliphatic heterocycles. The fraction of sp³-hybridized carbons (Fsp3) is 0.533. The Morgan fingerprint density at radius 3 is 2.50 bits per heavy atom. The topological polar surface area (TPSA) is 26.3 Å². The van der Waals surface area contributed by atoms with Gasteiger partial charge in [0.25, 0.3) is 0 Å². The van der Waals surface area contributed by atoms with Crippen molar-refractivity contribution in [2.24, 2.45) is 5.41 Å². The molecule has 1 aliphatic carbocycles. The number of carbonyl (C=O) groups is 1. The molecule has 2 nitrogen and oxygen atoms in total. The van der Waals surface area contributed by atoms with Gasteiger partial charge in [0.15, 0.2) is 11.6 Å². The van der Waals surface area contributed by atoms with Crippen LogP contribution in [-0.2, 0) is 4.79 Å². The number of halogens is 2. The molecular formula is C15H18F2O2Si. The van der Waals surface area contributed by atoms with Crippen molar-refractivity contribution in [3.8, 4) is 5.75 Å². The van der Waals surface area contributed by atoms with Gasteiger partial charge in [0.2, 0.25) is 0 Å². The van der Waals surface area contributed by atoms with Crippen LogP contribution in [0.5, 0.6) is 5.75 Å². The molecule has 5 heteroatoms. The van der Waals surface area contributed by atoms with Crippen LogP contribution in [0.1, 0.15) is 32.6 Å². The fourth-order valence-electron chi connectivity index (χ4n) is 2.52. The molecule has 0 amide bonds. The molecule has 20 heavy (non-hydrogen) atoms. The number of benzene rings is 1. The van der Waals surface area contributed by atoms with E-state index in [-0.39, 0.29) is 11.7 Å². The Bertz CT molecular complexity index is 497. The van der Waals surface area contributed by atoms with Gasteiger partial charge < -0.3 is 4.74 Å². The van der Waals surface area contributed by atoms with E-state index in [0.717, 1.165) is 47.3 Å². The van der Waals surface area contributed by atoms with Crippen molar-refractivity contribution in [2.75, 3.05) is 0 Å². The number of esters is 1. The van der Waals surface area contributed by atoms with Gasteiger partial charge in [-0.2, -0.15) is 0 Å². The maximum Gasteiger partial charge on any atom is 0.317 e. The first-order chi connectivity index (χ1) is 9.44. The third-order valence-electron chi connectivity index (χ3n) is 4.09. The highest BCUT2D eigenvalue weighted by atomic mass is 28.2. The van der Waals surface area contributed by atoms with Crippen LogP contribution >= 0.6 is 0 Å². The molecule has 1 saturated carbocycles. The van der Waals surface area contributed by atoms with Gasteiger partial charge in [-0.3, -0.25) is 4.79 Å². The second-order valence-electron chi connectivity index (χ2n) is 5.59. The smallest absolute Gasteiger partial charge is 0.317 e. The van der Waals surface area contributed by atoms with Gasteiger partial charge in [0, 0.05) is 15.6 Å². The quantitative estimate of drug-likeness (QED) is 0.479. The second-order valence-corrected chi connectivity index (χ2v) is 6.98. The lowest BCUT2D eigenvalue weighted by Crippen LogP contribution is -2.35. The zero-order valence-electron chi connectivity index (χ0n) is 11.7. The van der Waals surface area contributed by atoms with Gasteiger partial charge in [-0.15, -0.1) is 0 Å². The van der Waals surface area contributed by atoms with Crippen molar-refractivity contribution < 1.29 is 18.3 Å². The minimum Gasteiger partial charge on any atom is -0.426 e. The molecule has 0 saturated heterocycles. The summed E-state index contributed by atoms with van der Waals surface area (Å²) >= 11 is 0. The molecule has 0 unspecified atom stereocenters. The average molecular weight is 296 g/mol. The van der Waals surface area contributed by atoms with E-state index in [1.165, 1.54) is 6.07 Å². The standard InChI is InChI=1S/C15H18F2O2Si/c1-15(7-5-11(20-2)6-8-15)14(18)19-10-3-4-12(16)13(17)9-10/h3-4,9,11H,5-8H2,1-2H3. The summed E-state index contributed by atoms with van der Waals surface area (Å²) in [5.74, 6) is -2.23. The monoisotopic (exact) mass is 296 g/mol. The zero-order valence-corrected chi connectivity index (χ0v) is 12.7. The molecular weight excluding hydrogens is 278 g/mol. The molecule has 0 bridgehead atoms. The minimum absolute atomic E-state index is 0.0645. The van der Waals surface area contributed by atoms with E-state index in [0.29, 0.717) is 5.54 Å². The maximum absolute atomic E-state index is 13.1. The molecule has 0 atom stereocenters. The molecule has 108 valence electrons. The van der Waals surface area contributed by atoms with E-state index < -0.39 is 17.0 Å². The maximum atomic E-state index is 13.1. The van der Waals surface area contributed by atoms with Crippen molar-refractivity contribution in [2.45, 2.75) is 44.7 Å². The normalized spacial score (nSPS) is 26.3. The summed E-state index contributed by atoms with van der Waals surface area (Å²) in [7, 11) is 0.904. The summed E-state index contributed by atoms with van der Waals surface area (Å²) < 4.78 is 31.2. The van der Waals surface area contributed by atoms with E-state index in [2.05, 4.69) is 6.55 Å².